The molecule has 40 heavy (non-hydrogen) atoms. The second kappa shape index (κ2) is 17.0. The fourth-order valence-corrected chi connectivity index (χ4v) is 4.47. The van der Waals surface area contributed by atoms with Gasteiger partial charge >= 0.3 is 12.1 Å². The van der Waals surface area contributed by atoms with E-state index in [1.165, 1.54) is 57.4 Å². The molecular weight excluding hydrogens is 506 g/mol. The van der Waals surface area contributed by atoms with Crippen molar-refractivity contribution in [1.82, 2.24) is 15.6 Å². The van der Waals surface area contributed by atoms with Gasteiger partial charge in [0.25, 0.3) is 0 Å². The zero-order valence-corrected chi connectivity index (χ0v) is 24.0. The molecule has 3 rings (SSSR count). The second-order valence-corrected chi connectivity index (χ2v) is 10.2. The summed E-state index contributed by atoms with van der Waals surface area (Å²) in [5.41, 5.74) is 2.52. The highest BCUT2D eigenvalue weighted by Crippen LogP contribution is 2.34. The van der Waals surface area contributed by atoms with Gasteiger partial charge in [0, 0.05) is 24.5 Å². The third kappa shape index (κ3) is 10.4. The molecule has 0 fully saturated rings. The molecule has 0 aliphatic heterocycles. The number of anilines is 2. The molecule has 0 spiro atoms. The number of fused-ring (bicyclic) bond motifs is 1. The van der Waals surface area contributed by atoms with Crippen LogP contribution in [0.15, 0.2) is 40.8 Å². The Kier molecular flexibility index (Phi) is 13.1. The van der Waals surface area contributed by atoms with Gasteiger partial charge in [-0.1, -0.05) is 78.1 Å². The van der Waals surface area contributed by atoms with Gasteiger partial charge in [0.2, 0.25) is 5.89 Å². The number of rotatable bonds is 17. The number of urea groups is 2. The van der Waals surface area contributed by atoms with E-state index in [-0.39, 0.29) is 23.7 Å². The Bertz CT molecular complexity index is 1210. The number of aromatic nitrogens is 1. The standard InChI is InChI=1S/C31H45N5O4/c1-3-5-7-9-11-13-19-32-30(38)34-23-15-17-27(37)25(21-23)29-36-26-22-24(16-18-28(26)40-29)35-31(39)33-20-14-12-10-8-6-4-2/h15-18,21-22,37H,3-14,19-20H2,1-2H3,(H2,32,34,38)(H2,33,35,39). The summed E-state index contributed by atoms with van der Waals surface area (Å²) in [6.45, 7) is 5.64. The van der Waals surface area contributed by atoms with Crippen LogP contribution in [0.25, 0.3) is 22.6 Å². The maximum Gasteiger partial charge on any atom is 0.319 e. The number of nitrogens with one attached hydrogen (secondary N) is 4. The lowest BCUT2D eigenvalue weighted by atomic mass is 10.1. The molecule has 0 bridgehead atoms. The Balaban J connectivity index is 1.52. The second-order valence-electron chi connectivity index (χ2n) is 10.2. The summed E-state index contributed by atoms with van der Waals surface area (Å²) in [7, 11) is 0. The topological polar surface area (TPSA) is 129 Å². The number of carbonyl (C=O) groups is 2. The minimum Gasteiger partial charge on any atom is -0.507 e. The fourth-order valence-electron chi connectivity index (χ4n) is 4.47. The van der Waals surface area contributed by atoms with Gasteiger partial charge < -0.3 is 30.8 Å². The molecule has 0 saturated heterocycles. The van der Waals surface area contributed by atoms with Crippen molar-refractivity contribution in [2.24, 2.45) is 0 Å². The Morgan fingerprint density at radius 1 is 0.725 bits per heavy atom. The molecule has 0 unspecified atom stereocenters. The molecule has 0 atom stereocenters. The minimum absolute atomic E-state index is 0.0167. The third-order valence-electron chi connectivity index (χ3n) is 6.76. The Morgan fingerprint density at radius 3 is 1.85 bits per heavy atom. The number of nitrogens with zero attached hydrogens (tertiary/aromatic N) is 1. The molecule has 1 heterocycles. The van der Waals surface area contributed by atoms with E-state index in [9.17, 15) is 14.7 Å². The predicted octanol–water partition coefficient (Wildman–Crippen LogP) is 8.16. The van der Waals surface area contributed by atoms with Crippen LogP contribution in [-0.4, -0.2) is 35.2 Å². The highest BCUT2D eigenvalue weighted by molar-refractivity contribution is 5.92. The fraction of sp³-hybridized carbons (Fsp3) is 0.516. The highest BCUT2D eigenvalue weighted by Gasteiger charge is 2.15. The van der Waals surface area contributed by atoms with Crippen molar-refractivity contribution in [3.8, 4) is 17.2 Å². The van der Waals surface area contributed by atoms with Crippen LogP contribution in [0.2, 0.25) is 0 Å². The number of aromatic hydroxyl groups is 1. The van der Waals surface area contributed by atoms with E-state index < -0.39 is 0 Å². The Hall–Kier alpha value is -3.75. The molecule has 0 saturated carbocycles. The summed E-state index contributed by atoms with van der Waals surface area (Å²) in [5.74, 6) is 0.199. The Labute approximate surface area is 237 Å². The minimum atomic E-state index is -0.298. The number of amides is 4. The Morgan fingerprint density at radius 2 is 1.25 bits per heavy atom. The average molecular weight is 552 g/mol. The molecule has 0 radical (unpaired) electrons. The van der Waals surface area contributed by atoms with Crippen LogP contribution in [0.4, 0.5) is 21.0 Å². The summed E-state index contributed by atoms with van der Waals surface area (Å²) in [6.07, 6.45) is 13.9. The molecule has 0 aliphatic rings. The first-order chi connectivity index (χ1) is 19.5. The van der Waals surface area contributed by atoms with Gasteiger partial charge in [-0.25, -0.2) is 14.6 Å². The van der Waals surface area contributed by atoms with E-state index in [1.807, 2.05) is 0 Å². The molecule has 9 heteroatoms. The van der Waals surface area contributed by atoms with Gasteiger partial charge in [0.15, 0.2) is 5.58 Å². The molecule has 218 valence electrons. The zero-order valence-electron chi connectivity index (χ0n) is 24.0. The molecular formula is C31H45N5O4. The van der Waals surface area contributed by atoms with Crippen LogP contribution in [0.5, 0.6) is 5.75 Å². The number of phenols is 1. The molecule has 0 aliphatic carbocycles. The van der Waals surface area contributed by atoms with Crippen LogP contribution >= 0.6 is 0 Å². The van der Waals surface area contributed by atoms with Gasteiger partial charge in [-0.3, -0.25) is 0 Å². The number of hydrogen-bond donors (Lipinski definition) is 5. The number of hydrogen-bond acceptors (Lipinski definition) is 5. The number of benzene rings is 2. The number of oxazole rings is 1. The van der Waals surface area contributed by atoms with E-state index in [2.05, 4.69) is 40.1 Å². The molecule has 1 aromatic heterocycles. The van der Waals surface area contributed by atoms with Crippen molar-refractivity contribution in [3.63, 3.8) is 0 Å². The summed E-state index contributed by atoms with van der Waals surface area (Å²) in [4.78, 5) is 29.1. The van der Waals surface area contributed by atoms with E-state index in [0.29, 0.717) is 41.1 Å². The van der Waals surface area contributed by atoms with Crippen molar-refractivity contribution in [2.75, 3.05) is 23.7 Å². The average Bonchev–Trinajstić information content (AvgIpc) is 3.36. The van der Waals surface area contributed by atoms with Gasteiger partial charge in [-0.2, -0.15) is 0 Å². The van der Waals surface area contributed by atoms with E-state index >= 15 is 0 Å². The SMILES string of the molecule is CCCCCCCCNC(=O)Nc1ccc(O)c(-c2nc3cc(NC(=O)NCCCCCCCC)ccc3o2)c1. The quantitative estimate of drug-likeness (QED) is 0.0854. The largest absolute Gasteiger partial charge is 0.507 e. The summed E-state index contributed by atoms with van der Waals surface area (Å²) in [5, 5.41) is 21.9. The molecule has 3 aromatic rings. The first-order valence-electron chi connectivity index (χ1n) is 14.8. The van der Waals surface area contributed by atoms with Gasteiger partial charge in [0.1, 0.15) is 11.3 Å². The van der Waals surface area contributed by atoms with Crippen LogP contribution in [0, 0.1) is 0 Å². The number of carbonyl (C=O) groups excluding carboxylic acids is 2. The van der Waals surface area contributed by atoms with Crippen molar-refractivity contribution in [3.05, 3.63) is 36.4 Å². The first kappa shape index (κ1) is 30.8. The molecule has 9 nitrogen and oxygen atoms in total. The molecule has 2 aromatic carbocycles. The van der Waals surface area contributed by atoms with Crippen molar-refractivity contribution >= 4 is 34.5 Å². The summed E-state index contributed by atoms with van der Waals surface area (Å²) < 4.78 is 5.87. The predicted molar refractivity (Wildman–Crippen MR) is 162 cm³/mol. The molecule has 5 N–H and O–H groups in total. The van der Waals surface area contributed by atoms with Crippen LogP contribution < -0.4 is 21.3 Å². The van der Waals surface area contributed by atoms with Gasteiger partial charge in [-0.15, -0.1) is 0 Å². The van der Waals surface area contributed by atoms with Crippen molar-refractivity contribution < 1.29 is 19.1 Å². The highest BCUT2D eigenvalue weighted by atomic mass is 16.3. The summed E-state index contributed by atoms with van der Waals surface area (Å²) >= 11 is 0. The third-order valence-corrected chi connectivity index (χ3v) is 6.76. The maximum absolute atomic E-state index is 12.3. The number of unbranched alkanes of at least 4 members (excludes halogenated alkanes) is 10. The van der Waals surface area contributed by atoms with E-state index in [0.717, 1.165) is 25.7 Å². The van der Waals surface area contributed by atoms with Gasteiger partial charge in [0.05, 0.1) is 5.56 Å². The smallest absolute Gasteiger partial charge is 0.319 e. The van der Waals surface area contributed by atoms with Crippen molar-refractivity contribution in [1.29, 1.82) is 0 Å². The van der Waals surface area contributed by atoms with Crippen LogP contribution in [-0.2, 0) is 0 Å². The lowest BCUT2D eigenvalue weighted by Crippen LogP contribution is -2.29. The normalized spacial score (nSPS) is 10.9. The summed E-state index contributed by atoms with van der Waals surface area (Å²) in [6, 6.07) is 9.38. The van der Waals surface area contributed by atoms with Crippen LogP contribution in [0.1, 0.15) is 90.9 Å². The van der Waals surface area contributed by atoms with Crippen LogP contribution in [0.3, 0.4) is 0 Å². The van der Waals surface area contributed by atoms with E-state index in [4.69, 9.17) is 4.42 Å². The lowest BCUT2D eigenvalue weighted by Gasteiger charge is -2.09. The van der Waals surface area contributed by atoms with Crippen molar-refractivity contribution in [2.45, 2.75) is 90.9 Å². The first-order valence-corrected chi connectivity index (χ1v) is 14.8. The number of phenolic OH excluding ortho intramolecular Hbond substituents is 1. The van der Waals surface area contributed by atoms with E-state index in [1.54, 1.807) is 30.3 Å². The maximum atomic E-state index is 12.3. The zero-order chi connectivity index (χ0) is 28.6. The lowest BCUT2D eigenvalue weighted by molar-refractivity contribution is 0.251. The monoisotopic (exact) mass is 551 g/mol. The molecule has 4 amide bonds. The van der Waals surface area contributed by atoms with Gasteiger partial charge in [-0.05, 0) is 49.2 Å².